The molecule has 2 aromatic carbocycles. The number of hydrogen-bond acceptors (Lipinski definition) is 7. The summed E-state index contributed by atoms with van der Waals surface area (Å²) in [5.41, 5.74) is 4.02. The maximum absolute atomic E-state index is 10.3. The molecular weight excluding hydrogens is 408 g/mol. The third-order valence-electron chi connectivity index (χ3n) is 4.83. The molecule has 0 aliphatic heterocycles. The quantitative estimate of drug-likeness (QED) is 0.386. The van der Waals surface area contributed by atoms with E-state index in [1.54, 1.807) is 36.3 Å². The van der Waals surface area contributed by atoms with Crippen LogP contribution in [0.1, 0.15) is 34.8 Å². The van der Waals surface area contributed by atoms with E-state index in [0.29, 0.717) is 11.8 Å². The summed E-state index contributed by atoms with van der Waals surface area (Å²) < 4.78 is 6.00. The van der Waals surface area contributed by atoms with Gasteiger partial charge in [0.1, 0.15) is 11.0 Å². The molecule has 2 heterocycles. The van der Waals surface area contributed by atoms with Crippen molar-refractivity contribution in [2.75, 3.05) is 5.75 Å². The number of aromatic nitrogens is 3. The molecule has 0 fully saturated rings. The molecule has 158 valence electrons. The summed E-state index contributed by atoms with van der Waals surface area (Å²) in [6.07, 6.45) is 3.60. The lowest BCUT2D eigenvalue weighted by Crippen LogP contribution is -2.12. The van der Waals surface area contributed by atoms with Crippen molar-refractivity contribution in [3.63, 3.8) is 0 Å². The molecule has 2 aromatic heterocycles. The highest BCUT2D eigenvalue weighted by Crippen LogP contribution is 2.39. The van der Waals surface area contributed by atoms with E-state index < -0.39 is 0 Å². The van der Waals surface area contributed by atoms with Gasteiger partial charge in [0, 0.05) is 36.6 Å². The Morgan fingerprint density at radius 2 is 1.65 bits per heavy atom. The molecule has 4 rings (SSSR count). The zero-order chi connectivity index (χ0) is 21.5. The van der Waals surface area contributed by atoms with E-state index in [1.807, 2.05) is 36.4 Å². The van der Waals surface area contributed by atoms with Gasteiger partial charge in [-0.1, -0.05) is 37.3 Å². The number of benzene rings is 2. The molecule has 0 saturated heterocycles. The Kier molecular flexibility index (Phi) is 6.96. The summed E-state index contributed by atoms with van der Waals surface area (Å²) in [5, 5.41) is 22.0. The normalized spacial score (nSPS) is 12.0. The Balaban J connectivity index is 1.44. The van der Waals surface area contributed by atoms with Gasteiger partial charge in [0.2, 0.25) is 11.8 Å². The number of phenolic OH excluding ortho intramolecular Hbond substituents is 1. The molecule has 0 radical (unpaired) electrons. The summed E-state index contributed by atoms with van der Waals surface area (Å²) in [4.78, 5) is 4.03. The molecule has 0 aliphatic rings. The van der Waals surface area contributed by atoms with Crippen LogP contribution in [0.2, 0.25) is 0 Å². The fraction of sp³-hybridized carbons (Fsp3) is 0.208. The van der Waals surface area contributed by atoms with Crippen LogP contribution in [-0.2, 0) is 13.1 Å². The Morgan fingerprint density at radius 1 is 0.935 bits per heavy atom. The number of nitrogens with one attached hydrogen (secondary N) is 1. The van der Waals surface area contributed by atoms with Gasteiger partial charge in [0.25, 0.3) is 0 Å². The van der Waals surface area contributed by atoms with E-state index >= 15 is 0 Å². The first-order valence-electron chi connectivity index (χ1n) is 10.2. The van der Waals surface area contributed by atoms with Crippen LogP contribution in [0.5, 0.6) is 5.75 Å². The van der Waals surface area contributed by atoms with Crippen LogP contribution in [0.15, 0.2) is 77.5 Å². The van der Waals surface area contributed by atoms with Gasteiger partial charge in [-0.3, -0.25) is 4.98 Å². The van der Waals surface area contributed by atoms with Gasteiger partial charge < -0.3 is 14.8 Å². The van der Waals surface area contributed by atoms with Gasteiger partial charge >= 0.3 is 0 Å². The van der Waals surface area contributed by atoms with Gasteiger partial charge in [0.15, 0.2) is 0 Å². The highest BCUT2D eigenvalue weighted by atomic mass is 32.2. The minimum absolute atomic E-state index is 0.205. The van der Waals surface area contributed by atoms with Crippen molar-refractivity contribution in [3.8, 4) is 17.2 Å². The molecule has 0 amide bonds. The van der Waals surface area contributed by atoms with Crippen LogP contribution < -0.4 is 5.32 Å². The molecule has 0 saturated carbocycles. The minimum atomic E-state index is -0.205. The van der Waals surface area contributed by atoms with Crippen molar-refractivity contribution in [1.82, 2.24) is 20.5 Å². The van der Waals surface area contributed by atoms with E-state index in [4.69, 9.17) is 4.42 Å². The number of hydrogen-bond donors (Lipinski definition) is 2. The molecule has 1 unspecified atom stereocenters. The van der Waals surface area contributed by atoms with Crippen LogP contribution in [0, 0.1) is 0 Å². The van der Waals surface area contributed by atoms with E-state index in [0.717, 1.165) is 30.0 Å². The predicted octanol–water partition coefficient (Wildman–Crippen LogP) is 4.97. The molecule has 6 nitrogen and oxygen atoms in total. The standard InChI is InChI=1S/C24H24N4O2S/c1-2-31-22(20-5-3-4-6-21(20)29)24-28-27-23(30-24)19-9-7-17(8-10-19)15-26-16-18-11-13-25-14-12-18/h3-14,22,26,29H,2,15-16H2,1H3. The molecule has 7 heteroatoms. The third kappa shape index (κ3) is 5.31. The van der Waals surface area contributed by atoms with E-state index in [9.17, 15) is 5.11 Å². The number of para-hydroxylation sites is 1. The summed E-state index contributed by atoms with van der Waals surface area (Å²) in [7, 11) is 0. The zero-order valence-electron chi connectivity index (χ0n) is 17.2. The van der Waals surface area contributed by atoms with Gasteiger partial charge in [-0.05, 0) is 47.2 Å². The number of rotatable bonds is 9. The van der Waals surface area contributed by atoms with E-state index in [-0.39, 0.29) is 11.0 Å². The largest absolute Gasteiger partial charge is 0.508 e. The molecule has 0 bridgehead atoms. The zero-order valence-corrected chi connectivity index (χ0v) is 18.0. The Labute approximate surface area is 185 Å². The van der Waals surface area contributed by atoms with Gasteiger partial charge in [-0.25, -0.2) is 0 Å². The van der Waals surface area contributed by atoms with Gasteiger partial charge in [-0.15, -0.1) is 22.0 Å². The SMILES string of the molecule is CCSC(c1nnc(-c2ccc(CNCc3ccncc3)cc2)o1)c1ccccc1O. The van der Waals surface area contributed by atoms with Crippen LogP contribution >= 0.6 is 11.8 Å². The Hall–Kier alpha value is -3.16. The first kappa shape index (κ1) is 21.1. The fourth-order valence-electron chi connectivity index (χ4n) is 3.24. The van der Waals surface area contributed by atoms with E-state index in [2.05, 4.69) is 39.6 Å². The Morgan fingerprint density at radius 3 is 2.35 bits per heavy atom. The van der Waals surface area contributed by atoms with Crippen molar-refractivity contribution in [2.45, 2.75) is 25.3 Å². The van der Waals surface area contributed by atoms with Crippen molar-refractivity contribution in [1.29, 1.82) is 0 Å². The first-order chi connectivity index (χ1) is 15.2. The van der Waals surface area contributed by atoms with Crippen molar-refractivity contribution >= 4 is 11.8 Å². The third-order valence-corrected chi connectivity index (χ3v) is 5.95. The maximum atomic E-state index is 10.3. The summed E-state index contributed by atoms with van der Waals surface area (Å²) in [6, 6.07) is 19.4. The van der Waals surface area contributed by atoms with E-state index in [1.165, 1.54) is 11.1 Å². The minimum Gasteiger partial charge on any atom is -0.508 e. The lowest BCUT2D eigenvalue weighted by atomic mass is 10.1. The molecule has 31 heavy (non-hydrogen) atoms. The molecule has 2 N–H and O–H groups in total. The predicted molar refractivity (Wildman–Crippen MR) is 123 cm³/mol. The molecule has 1 atom stereocenters. The average molecular weight is 433 g/mol. The first-order valence-corrected chi connectivity index (χ1v) is 11.2. The smallest absolute Gasteiger partial charge is 0.247 e. The summed E-state index contributed by atoms with van der Waals surface area (Å²) in [6.45, 7) is 3.62. The number of pyridine rings is 1. The van der Waals surface area contributed by atoms with Gasteiger partial charge in [-0.2, -0.15) is 0 Å². The average Bonchev–Trinajstić information content (AvgIpc) is 3.29. The molecular formula is C24H24N4O2S. The number of thioether (sulfide) groups is 1. The van der Waals surface area contributed by atoms with Crippen LogP contribution in [0.4, 0.5) is 0 Å². The molecule has 0 aliphatic carbocycles. The van der Waals surface area contributed by atoms with Crippen molar-refractivity contribution < 1.29 is 9.52 Å². The topological polar surface area (TPSA) is 84.1 Å². The maximum Gasteiger partial charge on any atom is 0.247 e. The van der Waals surface area contributed by atoms with Crippen molar-refractivity contribution in [3.05, 3.63) is 95.6 Å². The van der Waals surface area contributed by atoms with Gasteiger partial charge in [0.05, 0.1) is 0 Å². The molecule has 4 aromatic rings. The second-order valence-electron chi connectivity index (χ2n) is 7.00. The van der Waals surface area contributed by atoms with Crippen LogP contribution in [0.25, 0.3) is 11.5 Å². The monoisotopic (exact) mass is 432 g/mol. The second kappa shape index (κ2) is 10.2. The summed E-state index contributed by atoms with van der Waals surface area (Å²) >= 11 is 1.65. The highest BCUT2D eigenvalue weighted by Gasteiger charge is 2.23. The lowest BCUT2D eigenvalue weighted by Gasteiger charge is -2.13. The molecule has 0 spiro atoms. The number of nitrogens with zero attached hydrogens (tertiary/aromatic N) is 3. The highest BCUT2D eigenvalue weighted by molar-refractivity contribution is 7.99. The van der Waals surface area contributed by atoms with Crippen LogP contribution in [-0.4, -0.2) is 26.0 Å². The summed E-state index contributed by atoms with van der Waals surface area (Å²) in [5.74, 6) is 2.06. The number of phenols is 1. The lowest BCUT2D eigenvalue weighted by molar-refractivity contribution is 0.461. The number of aromatic hydroxyl groups is 1. The fourth-order valence-corrected chi connectivity index (χ4v) is 4.19. The van der Waals surface area contributed by atoms with Crippen LogP contribution in [0.3, 0.4) is 0 Å². The second-order valence-corrected chi connectivity index (χ2v) is 8.38. The van der Waals surface area contributed by atoms with Crippen molar-refractivity contribution in [2.24, 2.45) is 0 Å². The Bertz CT molecular complexity index is 1100.